The summed E-state index contributed by atoms with van der Waals surface area (Å²) >= 11 is 5.80. The minimum absolute atomic E-state index is 0. The molecule has 0 heterocycles. The molecule has 1 unspecified atom stereocenters. The van der Waals surface area contributed by atoms with Crippen LogP contribution in [0.1, 0.15) is 44.2 Å². The molecule has 0 amide bonds. The van der Waals surface area contributed by atoms with Crippen LogP contribution in [0.25, 0.3) is 0 Å². The van der Waals surface area contributed by atoms with Crippen LogP contribution in [-0.2, 0) is 0 Å². The number of hydrogen-bond acceptors (Lipinski definition) is 1. The quantitative estimate of drug-likeness (QED) is 0.770. The van der Waals surface area contributed by atoms with Crippen LogP contribution in [0, 0.1) is 0 Å². The number of unbranched alkanes of at least 4 members (excludes halogenated alkanes) is 2. The van der Waals surface area contributed by atoms with Crippen LogP contribution in [0.4, 0.5) is 0 Å². The van der Waals surface area contributed by atoms with Gasteiger partial charge in [0.2, 0.25) is 0 Å². The first kappa shape index (κ1) is 14.8. The molecule has 0 saturated carbocycles. The Morgan fingerprint density at radius 1 is 1.20 bits per heavy atom. The van der Waals surface area contributed by atoms with Gasteiger partial charge in [0.15, 0.2) is 0 Å². The molecule has 1 nitrogen and oxygen atoms in total. The summed E-state index contributed by atoms with van der Waals surface area (Å²) in [6.45, 7) is 2.20. The molecule has 15 heavy (non-hydrogen) atoms. The molecule has 0 fully saturated rings. The van der Waals surface area contributed by atoms with Crippen molar-refractivity contribution in [3.63, 3.8) is 0 Å². The lowest BCUT2D eigenvalue weighted by Crippen LogP contribution is -2.09. The molecule has 1 rings (SSSR count). The molecule has 0 aliphatic heterocycles. The van der Waals surface area contributed by atoms with Gasteiger partial charge in [0, 0.05) is 11.1 Å². The molecule has 86 valence electrons. The number of benzene rings is 1. The van der Waals surface area contributed by atoms with Gasteiger partial charge in [-0.1, -0.05) is 49.9 Å². The van der Waals surface area contributed by atoms with E-state index in [1.54, 1.807) is 0 Å². The summed E-state index contributed by atoms with van der Waals surface area (Å²) in [4.78, 5) is 0. The van der Waals surface area contributed by atoms with E-state index in [4.69, 9.17) is 17.3 Å². The Kier molecular flexibility index (Phi) is 7.85. The Labute approximate surface area is 103 Å². The van der Waals surface area contributed by atoms with Gasteiger partial charge in [-0.05, 0) is 24.1 Å². The smallest absolute Gasteiger partial charge is 0.0406 e. The van der Waals surface area contributed by atoms with E-state index in [1.807, 2.05) is 24.3 Å². The van der Waals surface area contributed by atoms with E-state index in [0.29, 0.717) is 0 Å². The highest BCUT2D eigenvalue weighted by molar-refractivity contribution is 6.30. The first-order valence-corrected chi connectivity index (χ1v) is 5.63. The van der Waals surface area contributed by atoms with Gasteiger partial charge in [0.25, 0.3) is 0 Å². The average Bonchev–Trinajstić information content (AvgIpc) is 2.19. The van der Waals surface area contributed by atoms with Crippen LogP contribution < -0.4 is 5.73 Å². The minimum atomic E-state index is 0. The van der Waals surface area contributed by atoms with Crippen molar-refractivity contribution in [1.29, 1.82) is 0 Å². The van der Waals surface area contributed by atoms with Crippen molar-refractivity contribution in [3.05, 3.63) is 34.9 Å². The van der Waals surface area contributed by atoms with Crippen LogP contribution in [0.2, 0.25) is 5.02 Å². The van der Waals surface area contributed by atoms with E-state index in [1.165, 1.54) is 24.8 Å². The van der Waals surface area contributed by atoms with Crippen molar-refractivity contribution in [2.24, 2.45) is 5.73 Å². The highest BCUT2D eigenvalue weighted by Crippen LogP contribution is 2.19. The molecule has 0 aliphatic carbocycles. The summed E-state index contributed by atoms with van der Waals surface area (Å²) in [6.07, 6.45) is 4.78. The normalized spacial score (nSPS) is 11.9. The lowest BCUT2D eigenvalue weighted by atomic mass is 10.0. The largest absolute Gasteiger partial charge is 0.324 e. The Morgan fingerprint density at radius 3 is 2.33 bits per heavy atom. The van der Waals surface area contributed by atoms with Crippen molar-refractivity contribution in [2.45, 2.75) is 38.6 Å². The van der Waals surface area contributed by atoms with E-state index in [9.17, 15) is 0 Å². The van der Waals surface area contributed by atoms with Gasteiger partial charge in [0.1, 0.15) is 0 Å². The highest BCUT2D eigenvalue weighted by Gasteiger charge is 2.04. The maximum Gasteiger partial charge on any atom is 0.0406 e. The summed E-state index contributed by atoms with van der Waals surface area (Å²) in [5.41, 5.74) is 7.23. The van der Waals surface area contributed by atoms with Gasteiger partial charge in [-0.3, -0.25) is 0 Å². The molecular formula is C12H19Cl2N. The predicted molar refractivity (Wildman–Crippen MR) is 69.8 cm³/mol. The minimum Gasteiger partial charge on any atom is -0.324 e. The van der Waals surface area contributed by atoms with Crippen LogP contribution in [0.5, 0.6) is 0 Å². The molecule has 0 spiro atoms. The van der Waals surface area contributed by atoms with Gasteiger partial charge in [-0.25, -0.2) is 0 Å². The monoisotopic (exact) mass is 247 g/mol. The summed E-state index contributed by atoms with van der Waals surface area (Å²) < 4.78 is 0. The molecule has 1 aromatic rings. The molecule has 3 heteroatoms. The van der Waals surface area contributed by atoms with Gasteiger partial charge < -0.3 is 5.73 Å². The predicted octanol–water partition coefficient (Wildman–Crippen LogP) is 4.34. The van der Waals surface area contributed by atoms with Crippen molar-refractivity contribution in [2.75, 3.05) is 0 Å². The number of nitrogens with two attached hydrogens (primary N) is 1. The molecule has 1 aromatic carbocycles. The molecule has 2 N–H and O–H groups in total. The summed E-state index contributed by atoms with van der Waals surface area (Å²) in [5, 5.41) is 0.773. The molecular weight excluding hydrogens is 229 g/mol. The van der Waals surface area contributed by atoms with Gasteiger partial charge in [0.05, 0.1) is 0 Å². The second-order valence-corrected chi connectivity index (χ2v) is 4.09. The topological polar surface area (TPSA) is 26.0 Å². The van der Waals surface area contributed by atoms with Crippen molar-refractivity contribution in [1.82, 2.24) is 0 Å². The highest BCUT2D eigenvalue weighted by atomic mass is 35.5. The molecule has 0 aromatic heterocycles. The van der Waals surface area contributed by atoms with Crippen LogP contribution in [0.3, 0.4) is 0 Å². The van der Waals surface area contributed by atoms with E-state index < -0.39 is 0 Å². The first-order chi connectivity index (χ1) is 6.74. The Morgan fingerprint density at radius 2 is 1.80 bits per heavy atom. The van der Waals surface area contributed by atoms with Gasteiger partial charge >= 0.3 is 0 Å². The fraction of sp³-hybridized carbons (Fsp3) is 0.500. The lowest BCUT2D eigenvalue weighted by molar-refractivity contribution is 0.581. The van der Waals surface area contributed by atoms with E-state index in [-0.39, 0.29) is 18.4 Å². The summed E-state index contributed by atoms with van der Waals surface area (Å²) in [7, 11) is 0. The fourth-order valence-corrected chi connectivity index (χ4v) is 1.62. The molecule has 0 radical (unpaired) electrons. The van der Waals surface area contributed by atoms with Crippen LogP contribution in [0.15, 0.2) is 24.3 Å². The van der Waals surface area contributed by atoms with Crippen molar-refractivity contribution in [3.8, 4) is 0 Å². The standard InChI is InChI=1S/C12H18ClN.ClH/c1-2-3-4-5-12(14)10-6-8-11(13)9-7-10;/h6-9,12H,2-5,14H2,1H3;1H. The second-order valence-electron chi connectivity index (χ2n) is 3.65. The fourth-order valence-electron chi connectivity index (χ4n) is 1.49. The summed E-state index contributed by atoms with van der Waals surface area (Å²) in [6, 6.07) is 7.99. The van der Waals surface area contributed by atoms with Gasteiger partial charge in [-0.2, -0.15) is 0 Å². The van der Waals surface area contributed by atoms with Crippen molar-refractivity contribution >= 4 is 24.0 Å². The third-order valence-electron chi connectivity index (χ3n) is 2.42. The first-order valence-electron chi connectivity index (χ1n) is 5.25. The third kappa shape index (κ3) is 5.41. The van der Waals surface area contributed by atoms with Crippen molar-refractivity contribution < 1.29 is 0 Å². The van der Waals surface area contributed by atoms with E-state index in [2.05, 4.69) is 6.92 Å². The number of hydrogen-bond donors (Lipinski definition) is 1. The SMILES string of the molecule is CCCCCC(N)c1ccc(Cl)cc1.Cl. The maximum absolute atomic E-state index is 6.04. The zero-order valence-corrected chi connectivity index (χ0v) is 10.7. The molecule has 0 aliphatic rings. The van der Waals surface area contributed by atoms with E-state index >= 15 is 0 Å². The number of halogens is 2. The summed E-state index contributed by atoms with van der Waals surface area (Å²) in [5.74, 6) is 0. The number of rotatable bonds is 5. The third-order valence-corrected chi connectivity index (χ3v) is 2.67. The van der Waals surface area contributed by atoms with Crippen LogP contribution in [-0.4, -0.2) is 0 Å². The zero-order chi connectivity index (χ0) is 10.4. The molecule has 0 bridgehead atoms. The molecule has 0 saturated heterocycles. The maximum atomic E-state index is 6.04. The van der Waals surface area contributed by atoms with E-state index in [0.717, 1.165) is 11.4 Å². The molecule has 1 atom stereocenters. The zero-order valence-electron chi connectivity index (χ0n) is 9.08. The Bertz CT molecular complexity index is 259. The lowest BCUT2D eigenvalue weighted by Gasteiger charge is -2.11. The van der Waals surface area contributed by atoms with Crippen LogP contribution >= 0.6 is 24.0 Å². The Hall–Kier alpha value is -0.240. The Balaban J connectivity index is 0.00000196. The van der Waals surface area contributed by atoms with Gasteiger partial charge in [-0.15, -0.1) is 12.4 Å². The second kappa shape index (κ2) is 7.98. The average molecular weight is 248 g/mol.